The maximum absolute atomic E-state index is 15.3. The number of nitriles is 2. The van der Waals surface area contributed by atoms with Crippen LogP contribution >= 0.6 is 0 Å². The first kappa shape index (κ1) is 16.0. The number of hydrogen-bond donors (Lipinski definition) is 0. The second kappa shape index (κ2) is 6.08. The molecule has 4 heterocycles. The Labute approximate surface area is 148 Å². The van der Waals surface area contributed by atoms with Crippen LogP contribution in [-0.2, 0) is 5.67 Å². The average Bonchev–Trinajstić information content (AvgIpc) is 3.12. The number of halogens is 1. The highest BCUT2D eigenvalue weighted by Gasteiger charge is 2.42. The lowest BCUT2D eigenvalue weighted by atomic mass is 9.95. The second-order valence-electron chi connectivity index (χ2n) is 6.20. The molecule has 1 aliphatic heterocycles. The highest BCUT2D eigenvalue weighted by atomic mass is 19.1. The van der Waals surface area contributed by atoms with Crippen molar-refractivity contribution < 1.29 is 8.81 Å². The van der Waals surface area contributed by atoms with E-state index in [2.05, 4.69) is 15.0 Å². The second-order valence-corrected chi connectivity index (χ2v) is 6.20. The van der Waals surface area contributed by atoms with Gasteiger partial charge in [0.15, 0.2) is 6.19 Å². The Morgan fingerprint density at radius 1 is 1.23 bits per heavy atom. The molecule has 4 rings (SSSR count). The van der Waals surface area contributed by atoms with Gasteiger partial charge in [-0.2, -0.15) is 10.5 Å². The van der Waals surface area contributed by atoms with Gasteiger partial charge in [-0.1, -0.05) is 0 Å². The van der Waals surface area contributed by atoms with E-state index >= 15 is 4.39 Å². The largest absolute Gasteiger partial charge is 0.419 e. The predicted octanol–water partition coefficient (Wildman–Crippen LogP) is 2.90. The molecule has 1 atom stereocenters. The van der Waals surface area contributed by atoms with Gasteiger partial charge in [0.2, 0.25) is 17.3 Å². The molecule has 26 heavy (non-hydrogen) atoms. The van der Waals surface area contributed by atoms with Crippen molar-refractivity contribution in [3.05, 3.63) is 42.2 Å². The Bertz CT molecular complexity index is 1070. The van der Waals surface area contributed by atoms with Crippen molar-refractivity contribution in [3.63, 3.8) is 0 Å². The van der Waals surface area contributed by atoms with Crippen molar-refractivity contribution in [2.45, 2.75) is 18.5 Å². The monoisotopic (exact) mass is 348 g/mol. The quantitative estimate of drug-likeness (QED) is 0.656. The van der Waals surface area contributed by atoms with Gasteiger partial charge in [-0.15, -0.1) is 0 Å². The van der Waals surface area contributed by atoms with Gasteiger partial charge in [0.05, 0.1) is 6.54 Å². The molecule has 0 aromatic carbocycles. The summed E-state index contributed by atoms with van der Waals surface area (Å²) in [7, 11) is 0. The number of nitrogens with zero attached hydrogens (tertiary/aromatic N) is 6. The van der Waals surface area contributed by atoms with Crippen LogP contribution in [0.4, 0.5) is 4.39 Å². The highest BCUT2D eigenvalue weighted by molar-refractivity contribution is 5.76. The molecule has 0 radical (unpaired) electrons. The summed E-state index contributed by atoms with van der Waals surface area (Å²) in [6.45, 7) is 0.465. The summed E-state index contributed by atoms with van der Waals surface area (Å²) in [6.07, 6.45) is 5.91. The molecule has 7 nitrogen and oxygen atoms in total. The lowest BCUT2D eigenvalue weighted by Crippen LogP contribution is -2.41. The SMILES string of the molecule is N#Cc1cc(-c2cnc3oc(C4(F)CCCN(C#N)C4)nc3c2)ccn1. The minimum Gasteiger partial charge on any atom is -0.419 e. The summed E-state index contributed by atoms with van der Waals surface area (Å²) in [5.41, 5.74) is 0.651. The van der Waals surface area contributed by atoms with E-state index < -0.39 is 5.67 Å². The Kier molecular flexibility index (Phi) is 3.74. The number of fused-ring (bicyclic) bond motifs is 1. The third-order valence-electron chi connectivity index (χ3n) is 4.42. The molecule has 3 aromatic rings. The van der Waals surface area contributed by atoms with E-state index in [4.69, 9.17) is 14.9 Å². The van der Waals surface area contributed by atoms with Crippen molar-refractivity contribution in [2.75, 3.05) is 13.1 Å². The van der Waals surface area contributed by atoms with E-state index in [0.29, 0.717) is 24.2 Å². The molecule has 1 saturated heterocycles. The summed E-state index contributed by atoms with van der Waals surface area (Å²) in [6, 6.07) is 7.13. The third kappa shape index (κ3) is 2.72. The standard InChI is InChI=1S/C18H13FN6O/c19-18(3-1-5-25(10-18)11-21)17-24-15-7-13(9-23-16(15)26-17)12-2-4-22-14(6-12)8-20/h2,4,6-7,9H,1,3,5,10H2. The van der Waals surface area contributed by atoms with Gasteiger partial charge >= 0.3 is 0 Å². The number of alkyl halides is 1. The Balaban J connectivity index is 1.72. The molecule has 1 fully saturated rings. The van der Waals surface area contributed by atoms with Gasteiger partial charge in [-0.05, 0) is 36.6 Å². The number of likely N-dealkylation sites (tertiary alicyclic amines) is 1. The first-order valence-corrected chi connectivity index (χ1v) is 8.08. The van der Waals surface area contributed by atoms with Gasteiger partial charge in [0.25, 0.3) is 0 Å². The maximum Gasteiger partial charge on any atom is 0.247 e. The fourth-order valence-electron chi connectivity index (χ4n) is 3.11. The molecule has 0 bridgehead atoms. The zero-order chi connectivity index (χ0) is 18.1. The average molecular weight is 348 g/mol. The molecular formula is C18H13FN6O. The predicted molar refractivity (Wildman–Crippen MR) is 89.0 cm³/mol. The fraction of sp³-hybridized carbons (Fsp3) is 0.278. The van der Waals surface area contributed by atoms with Gasteiger partial charge in [-0.3, -0.25) is 0 Å². The van der Waals surface area contributed by atoms with Crippen LogP contribution < -0.4 is 0 Å². The number of hydrogen-bond acceptors (Lipinski definition) is 7. The van der Waals surface area contributed by atoms with E-state index in [1.54, 1.807) is 30.6 Å². The van der Waals surface area contributed by atoms with E-state index in [1.165, 1.54) is 4.90 Å². The van der Waals surface area contributed by atoms with Gasteiger partial charge < -0.3 is 9.32 Å². The van der Waals surface area contributed by atoms with Crippen LogP contribution in [0.15, 0.2) is 35.0 Å². The summed E-state index contributed by atoms with van der Waals surface area (Å²) < 4.78 is 20.8. The first-order chi connectivity index (χ1) is 12.6. The summed E-state index contributed by atoms with van der Waals surface area (Å²) >= 11 is 0. The highest BCUT2D eigenvalue weighted by Crippen LogP contribution is 2.36. The number of oxazole rings is 1. The molecule has 0 N–H and O–H groups in total. The van der Waals surface area contributed by atoms with E-state index in [9.17, 15) is 0 Å². The number of rotatable bonds is 2. The molecule has 0 saturated carbocycles. The van der Waals surface area contributed by atoms with Gasteiger partial charge in [0.1, 0.15) is 17.3 Å². The molecule has 8 heteroatoms. The van der Waals surface area contributed by atoms with Crippen molar-refractivity contribution in [1.82, 2.24) is 19.9 Å². The minimum atomic E-state index is -1.81. The Hall–Kier alpha value is -3.52. The van der Waals surface area contributed by atoms with E-state index in [-0.39, 0.29) is 24.6 Å². The molecular weight excluding hydrogens is 335 g/mol. The third-order valence-corrected chi connectivity index (χ3v) is 4.42. The van der Waals surface area contributed by atoms with Crippen molar-refractivity contribution >= 4 is 11.2 Å². The molecule has 0 spiro atoms. The Morgan fingerprint density at radius 2 is 2.12 bits per heavy atom. The first-order valence-electron chi connectivity index (χ1n) is 8.08. The smallest absolute Gasteiger partial charge is 0.247 e. The molecule has 3 aromatic heterocycles. The number of aromatic nitrogens is 3. The van der Waals surface area contributed by atoms with E-state index in [1.807, 2.05) is 12.3 Å². The van der Waals surface area contributed by atoms with Gasteiger partial charge in [-0.25, -0.2) is 19.3 Å². The van der Waals surface area contributed by atoms with Crippen LogP contribution in [-0.4, -0.2) is 32.9 Å². The normalized spacial score (nSPS) is 19.9. The number of pyridine rings is 2. The van der Waals surface area contributed by atoms with Crippen molar-refractivity contribution in [2.24, 2.45) is 0 Å². The van der Waals surface area contributed by atoms with Crippen LogP contribution in [0.3, 0.4) is 0 Å². The lowest BCUT2D eigenvalue weighted by Gasteiger charge is -2.31. The van der Waals surface area contributed by atoms with Crippen molar-refractivity contribution in [3.8, 4) is 23.4 Å². The van der Waals surface area contributed by atoms with Crippen LogP contribution in [0.2, 0.25) is 0 Å². The number of piperidine rings is 1. The van der Waals surface area contributed by atoms with E-state index in [0.717, 1.165) is 11.1 Å². The molecule has 0 aliphatic carbocycles. The summed E-state index contributed by atoms with van der Waals surface area (Å²) in [5, 5.41) is 18.0. The van der Waals surface area contributed by atoms with Crippen LogP contribution in [0.25, 0.3) is 22.4 Å². The fourth-order valence-corrected chi connectivity index (χ4v) is 3.11. The molecule has 1 unspecified atom stereocenters. The molecule has 128 valence electrons. The zero-order valence-corrected chi connectivity index (χ0v) is 13.7. The zero-order valence-electron chi connectivity index (χ0n) is 13.7. The van der Waals surface area contributed by atoms with Gasteiger partial charge in [0, 0.05) is 24.5 Å². The topological polar surface area (TPSA) is 103 Å². The summed E-state index contributed by atoms with van der Waals surface area (Å²) in [5.74, 6) is -0.0513. The summed E-state index contributed by atoms with van der Waals surface area (Å²) in [4.78, 5) is 13.8. The minimum absolute atomic E-state index is 0.0513. The molecule has 1 aliphatic rings. The van der Waals surface area contributed by atoms with Crippen LogP contribution in [0.5, 0.6) is 0 Å². The van der Waals surface area contributed by atoms with Crippen LogP contribution in [0, 0.1) is 22.8 Å². The Morgan fingerprint density at radius 3 is 2.92 bits per heavy atom. The maximum atomic E-state index is 15.3. The lowest BCUT2D eigenvalue weighted by molar-refractivity contribution is 0.0449. The molecule has 0 amide bonds. The van der Waals surface area contributed by atoms with Crippen molar-refractivity contribution in [1.29, 1.82) is 10.5 Å². The van der Waals surface area contributed by atoms with Crippen LogP contribution in [0.1, 0.15) is 24.4 Å².